The maximum Gasteiger partial charge on any atom is 0.224 e. The third-order valence-corrected chi connectivity index (χ3v) is 5.03. The zero-order chi connectivity index (χ0) is 14.1. The number of carbonyl (C=O) groups excluding carboxylic acids is 1. The predicted octanol–water partition coefficient (Wildman–Crippen LogP) is 2.76. The van der Waals surface area contributed by atoms with Crippen LogP contribution in [0.1, 0.15) is 49.8 Å². The molecule has 3 N–H and O–H groups in total. The summed E-state index contributed by atoms with van der Waals surface area (Å²) in [6.45, 7) is 2.62. The minimum Gasteiger partial charge on any atom is -0.349 e. The lowest BCUT2D eigenvalue weighted by Gasteiger charge is -2.15. The lowest BCUT2D eigenvalue weighted by Crippen LogP contribution is -2.29. The number of rotatable bonds is 4. The van der Waals surface area contributed by atoms with E-state index in [1.165, 1.54) is 25.7 Å². The van der Waals surface area contributed by atoms with Crippen molar-refractivity contribution in [1.82, 2.24) is 5.32 Å². The summed E-state index contributed by atoms with van der Waals surface area (Å²) in [7, 11) is 0. The van der Waals surface area contributed by atoms with Gasteiger partial charge >= 0.3 is 0 Å². The second-order valence-corrected chi connectivity index (χ2v) is 6.31. The number of carbonyl (C=O) groups is 1. The number of fused-ring (bicyclic) bond motifs is 1. The largest absolute Gasteiger partial charge is 0.349 e. The van der Waals surface area contributed by atoms with Crippen molar-refractivity contribution < 1.29 is 4.79 Å². The first-order chi connectivity index (χ1) is 9.70. The van der Waals surface area contributed by atoms with Gasteiger partial charge in [0.2, 0.25) is 5.91 Å². The van der Waals surface area contributed by atoms with Gasteiger partial charge in [-0.05, 0) is 42.7 Å². The van der Waals surface area contributed by atoms with Gasteiger partial charge in [-0.3, -0.25) is 4.79 Å². The van der Waals surface area contributed by atoms with Crippen LogP contribution in [0.4, 0.5) is 0 Å². The van der Waals surface area contributed by atoms with Gasteiger partial charge in [0.1, 0.15) is 0 Å². The van der Waals surface area contributed by atoms with Crippen LogP contribution in [0.3, 0.4) is 0 Å². The summed E-state index contributed by atoms with van der Waals surface area (Å²) in [6.07, 6.45) is 5.12. The third-order valence-electron chi connectivity index (χ3n) is 5.03. The molecule has 0 radical (unpaired) electrons. The van der Waals surface area contributed by atoms with Crippen molar-refractivity contribution in [2.24, 2.45) is 23.5 Å². The quantitative estimate of drug-likeness (QED) is 0.885. The highest BCUT2D eigenvalue weighted by Gasteiger charge is 2.54. The van der Waals surface area contributed by atoms with Crippen LogP contribution in [-0.2, 0) is 11.3 Å². The van der Waals surface area contributed by atoms with Crippen LogP contribution < -0.4 is 11.1 Å². The lowest BCUT2D eigenvalue weighted by molar-refractivity contribution is -0.123. The zero-order valence-corrected chi connectivity index (χ0v) is 12.1. The Labute approximate surface area is 120 Å². The van der Waals surface area contributed by atoms with Gasteiger partial charge in [-0.15, -0.1) is 0 Å². The van der Waals surface area contributed by atoms with Gasteiger partial charge in [-0.2, -0.15) is 0 Å². The zero-order valence-electron chi connectivity index (χ0n) is 12.1. The molecule has 3 nitrogen and oxygen atoms in total. The van der Waals surface area contributed by atoms with E-state index in [1.54, 1.807) is 0 Å². The van der Waals surface area contributed by atoms with E-state index in [2.05, 4.69) is 24.4 Å². The monoisotopic (exact) mass is 272 g/mol. The highest BCUT2D eigenvalue weighted by atomic mass is 16.2. The Kier molecular flexibility index (Phi) is 3.79. The van der Waals surface area contributed by atoms with E-state index in [1.807, 2.05) is 12.1 Å². The highest BCUT2D eigenvalue weighted by molar-refractivity contribution is 5.82. The van der Waals surface area contributed by atoms with Gasteiger partial charge < -0.3 is 11.1 Å². The Morgan fingerprint density at radius 3 is 2.40 bits per heavy atom. The Hall–Kier alpha value is -1.35. The molecule has 1 amide bonds. The molecule has 3 rings (SSSR count). The number of nitrogens with one attached hydrogen (secondary N) is 1. The fourth-order valence-electron chi connectivity index (χ4n) is 3.72. The molecule has 0 spiro atoms. The second kappa shape index (κ2) is 5.57. The van der Waals surface area contributed by atoms with E-state index in [9.17, 15) is 4.79 Å². The van der Waals surface area contributed by atoms with Gasteiger partial charge in [0.15, 0.2) is 0 Å². The van der Waals surface area contributed by atoms with Gasteiger partial charge in [-0.1, -0.05) is 37.1 Å². The third kappa shape index (κ3) is 2.59. The number of hydrogen-bond acceptors (Lipinski definition) is 2. The Bertz CT molecular complexity index is 470. The van der Waals surface area contributed by atoms with E-state index in [0.29, 0.717) is 24.3 Å². The molecule has 3 heteroatoms. The number of benzene rings is 1. The fourth-order valence-corrected chi connectivity index (χ4v) is 3.72. The van der Waals surface area contributed by atoms with E-state index >= 15 is 0 Å². The summed E-state index contributed by atoms with van der Waals surface area (Å²) in [4.78, 5) is 12.3. The molecule has 3 unspecified atom stereocenters. The van der Waals surface area contributed by atoms with Crippen molar-refractivity contribution >= 4 is 5.91 Å². The highest BCUT2D eigenvalue weighted by Crippen LogP contribution is 2.55. The van der Waals surface area contributed by atoms with Crippen LogP contribution in [0.2, 0.25) is 0 Å². The molecule has 0 saturated heterocycles. The Morgan fingerprint density at radius 1 is 1.25 bits per heavy atom. The molecule has 3 atom stereocenters. The number of nitrogens with two attached hydrogens (primary N) is 1. The van der Waals surface area contributed by atoms with Crippen molar-refractivity contribution in [2.45, 2.75) is 45.2 Å². The minimum absolute atomic E-state index is 0.0805. The van der Waals surface area contributed by atoms with E-state index in [-0.39, 0.29) is 11.9 Å². The smallest absolute Gasteiger partial charge is 0.224 e. The summed E-state index contributed by atoms with van der Waals surface area (Å²) in [5.74, 6) is 1.91. The molecule has 2 saturated carbocycles. The molecule has 20 heavy (non-hydrogen) atoms. The van der Waals surface area contributed by atoms with E-state index in [0.717, 1.165) is 11.1 Å². The molecule has 1 aromatic carbocycles. The van der Waals surface area contributed by atoms with Crippen LogP contribution in [0.25, 0.3) is 0 Å². The number of amides is 1. The van der Waals surface area contributed by atoms with Crippen molar-refractivity contribution in [2.75, 3.05) is 0 Å². The van der Waals surface area contributed by atoms with E-state index in [4.69, 9.17) is 5.73 Å². The number of hydrogen-bond donors (Lipinski definition) is 2. The average Bonchev–Trinajstić information content (AvgIpc) is 3.21. The fraction of sp³-hybridized carbons (Fsp3) is 0.588. The lowest BCUT2D eigenvalue weighted by atomic mass is 10.0. The van der Waals surface area contributed by atoms with Crippen LogP contribution in [-0.4, -0.2) is 5.91 Å². The first-order valence-electron chi connectivity index (χ1n) is 7.80. The van der Waals surface area contributed by atoms with Gasteiger partial charge in [0.05, 0.1) is 6.04 Å². The first kappa shape index (κ1) is 13.6. The molecule has 108 valence electrons. The van der Waals surface area contributed by atoms with Crippen molar-refractivity contribution in [1.29, 1.82) is 0 Å². The van der Waals surface area contributed by atoms with Crippen molar-refractivity contribution in [3.05, 3.63) is 35.4 Å². The summed E-state index contributed by atoms with van der Waals surface area (Å²) in [6, 6.07) is 8.28. The first-order valence-corrected chi connectivity index (χ1v) is 7.80. The summed E-state index contributed by atoms with van der Waals surface area (Å²) in [5, 5.41) is 3.18. The second-order valence-electron chi connectivity index (χ2n) is 6.31. The topological polar surface area (TPSA) is 55.1 Å². The van der Waals surface area contributed by atoms with Crippen LogP contribution >= 0.6 is 0 Å². The molecule has 0 aliphatic heterocycles. The summed E-state index contributed by atoms with van der Waals surface area (Å²) in [5.41, 5.74) is 7.88. The van der Waals surface area contributed by atoms with Crippen LogP contribution in [0, 0.1) is 17.8 Å². The van der Waals surface area contributed by atoms with E-state index < -0.39 is 0 Å². The minimum atomic E-state index is 0.0805. The summed E-state index contributed by atoms with van der Waals surface area (Å²) < 4.78 is 0. The van der Waals surface area contributed by atoms with Gasteiger partial charge in [0.25, 0.3) is 0 Å². The Balaban J connectivity index is 1.58. The molecule has 1 aromatic rings. The normalized spacial score (nSPS) is 29.4. The van der Waals surface area contributed by atoms with Gasteiger partial charge in [-0.25, -0.2) is 0 Å². The molecule has 2 aliphatic rings. The maximum atomic E-state index is 12.3. The predicted molar refractivity (Wildman–Crippen MR) is 79.8 cm³/mol. The van der Waals surface area contributed by atoms with Crippen LogP contribution in [0.5, 0.6) is 0 Å². The molecule has 0 bridgehead atoms. The SMILES string of the molecule is CC(NC(=O)C1C2CCCCC21)c1ccc(CN)cc1. The van der Waals surface area contributed by atoms with Crippen LogP contribution in [0.15, 0.2) is 24.3 Å². The standard InChI is InChI=1S/C17H24N2O/c1-11(13-8-6-12(10-18)7-9-13)19-17(20)16-14-4-2-3-5-15(14)16/h6-9,11,14-16H,2-5,10,18H2,1H3,(H,19,20). The molecular weight excluding hydrogens is 248 g/mol. The molecule has 2 fully saturated rings. The molecular formula is C17H24N2O. The molecule has 0 heterocycles. The molecule has 2 aliphatic carbocycles. The van der Waals surface area contributed by atoms with Crippen molar-refractivity contribution in [3.8, 4) is 0 Å². The maximum absolute atomic E-state index is 12.3. The Morgan fingerprint density at radius 2 is 1.85 bits per heavy atom. The molecule has 0 aromatic heterocycles. The summed E-state index contributed by atoms with van der Waals surface area (Å²) >= 11 is 0. The average molecular weight is 272 g/mol. The van der Waals surface area contributed by atoms with Crippen molar-refractivity contribution in [3.63, 3.8) is 0 Å². The van der Waals surface area contributed by atoms with Gasteiger partial charge in [0, 0.05) is 12.5 Å².